The number of aliphatic hydroxyl groups excluding tert-OH is 1. The summed E-state index contributed by atoms with van der Waals surface area (Å²) >= 11 is 0. The molecule has 0 spiro atoms. The highest BCUT2D eigenvalue weighted by molar-refractivity contribution is 5.48. The Bertz CT molecular complexity index is 897. The van der Waals surface area contributed by atoms with Crippen LogP contribution in [-0.2, 0) is 6.54 Å². The zero-order valence-corrected chi connectivity index (χ0v) is 18.1. The van der Waals surface area contributed by atoms with Crippen molar-refractivity contribution in [2.24, 2.45) is 0 Å². The molecule has 1 N–H and O–H groups in total. The number of benzene rings is 2. The SMILES string of the molecule is OCCC#Cc1ccc(CN2CCCC(N3CCN(c4ccccc4F)CC3)C2)cc1. The van der Waals surface area contributed by atoms with Crippen LogP contribution >= 0.6 is 0 Å². The van der Waals surface area contributed by atoms with Crippen molar-refractivity contribution < 1.29 is 9.50 Å². The lowest BCUT2D eigenvalue weighted by molar-refractivity contribution is 0.0887. The van der Waals surface area contributed by atoms with Crippen molar-refractivity contribution in [3.8, 4) is 11.8 Å². The number of nitrogens with zero attached hydrogens (tertiary/aromatic N) is 3. The molecule has 0 saturated carbocycles. The molecule has 31 heavy (non-hydrogen) atoms. The number of piperidine rings is 1. The molecule has 0 aromatic heterocycles. The fourth-order valence-corrected chi connectivity index (χ4v) is 4.68. The summed E-state index contributed by atoms with van der Waals surface area (Å²) in [4.78, 5) is 7.34. The van der Waals surface area contributed by atoms with Gasteiger partial charge in [-0.25, -0.2) is 4.39 Å². The fraction of sp³-hybridized carbons (Fsp3) is 0.462. The molecular formula is C26H32FN3O. The van der Waals surface area contributed by atoms with E-state index in [2.05, 4.69) is 50.8 Å². The van der Waals surface area contributed by atoms with Crippen LogP contribution in [0, 0.1) is 17.7 Å². The van der Waals surface area contributed by atoms with Crippen molar-refractivity contribution >= 4 is 5.69 Å². The summed E-state index contributed by atoms with van der Waals surface area (Å²) in [5, 5.41) is 8.83. The molecule has 2 saturated heterocycles. The lowest BCUT2D eigenvalue weighted by Gasteiger charge is -2.44. The fourth-order valence-electron chi connectivity index (χ4n) is 4.68. The summed E-state index contributed by atoms with van der Waals surface area (Å²) in [7, 11) is 0. The van der Waals surface area contributed by atoms with Gasteiger partial charge >= 0.3 is 0 Å². The Morgan fingerprint density at radius 2 is 1.74 bits per heavy atom. The smallest absolute Gasteiger partial charge is 0.146 e. The summed E-state index contributed by atoms with van der Waals surface area (Å²) < 4.78 is 14.1. The highest BCUT2D eigenvalue weighted by atomic mass is 19.1. The van der Waals surface area contributed by atoms with Crippen LogP contribution < -0.4 is 4.90 Å². The van der Waals surface area contributed by atoms with E-state index in [4.69, 9.17) is 5.11 Å². The van der Waals surface area contributed by atoms with Crippen LogP contribution in [-0.4, -0.2) is 66.8 Å². The third kappa shape index (κ3) is 5.86. The molecule has 1 atom stereocenters. The van der Waals surface area contributed by atoms with E-state index in [0.717, 1.165) is 57.1 Å². The number of hydrogen-bond acceptors (Lipinski definition) is 4. The molecule has 2 heterocycles. The Morgan fingerprint density at radius 3 is 2.48 bits per heavy atom. The number of aliphatic hydroxyl groups is 1. The first-order chi connectivity index (χ1) is 15.2. The van der Waals surface area contributed by atoms with E-state index in [1.165, 1.54) is 18.4 Å². The van der Waals surface area contributed by atoms with E-state index >= 15 is 0 Å². The van der Waals surface area contributed by atoms with Gasteiger partial charge in [-0.2, -0.15) is 0 Å². The van der Waals surface area contributed by atoms with E-state index in [-0.39, 0.29) is 12.4 Å². The van der Waals surface area contributed by atoms with Gasteiger partial charge in [0.1, 0.15) is 5.82 Å². The standard InChI is InChI=1S/C26H32FN3O/c27-25-8-1-2-9-26(25)30-17-15-29(16-18-30)24-7-5-14-28(21-24)20-23-12-10-22(11-13-23)6-3-4-19-31/h1-2,8-13,24,31H,4-5,7,14-21H2. The molecule has 1 unspecified atom stereocenters. The van der Waals surface area contributed by atoms with Crippen LogP contribution in [0.5, 0.6) is 0 Å². The van der Waals surface area contributed by atoms with E-state index in [9.17, 15) is 4.39 Å². The van der Waals surface area contributed by atoms with Crippen LogP contribution in [0.25, 0.3) is 0 Å². The first-order valence-electron chi connectivity index (χ1n) is 11.4. The van der Waals surface area contributed by atoms with Crippen LogP contribution in [0.4, 0.5) is 10.1 Å². The summed E-state index contributed by atoms with van der Waals surface area (Å²) in [5.74, 6) is 5.94. The van der Waals surface area contributed by atoms with Crippen molar-refractivity contribution in [1.29, 1.82) is 0 Å². The van der Waals surface area contributed by atoms with Gasteiger partial charge in [-0.15, -0.1) is 0 Å². The highest BCUT2D eigenvalue weighted by Gasteiger charge is 2.28. The molecule has 0 bridgehead atoms. The van der Waals surface area contributed by atoms with Crippen LogP contribution in [0.1, 0.15) is 30.4 Å². The van der Waals surface area contributed by atoms with E-state index in [1.54, 1.807) is 12.1 Å². The van der Waals surface area contributed by atoms with Gasteiger partial charge in [0.15, 0.2) is 0 Å². The van der Waals surface area contributed by atoms with Gasteiger partial charge in [0, 0.05) is 57.3 Å². The topological polar surface area (TPSA) is 30.0 Å². The van der Waals surface area contributed by atoms with Gasteiger partial charge in [0.25, 0.3) is 0 Å². The third-order valence-electron chi connectivity index (χ3n) is 6.33. The molecule has 2 aromatic rings. The lowest BCUT2D eigenvalue weighted by atomic mass is 10.0. The molecule has 164 valence electrons. The molecule has 0 amide bonds. The van der Waals surface area contributed by atoms with Crippen LogP contribution in [0.15, 0.2) is 48.5 Å². The summed E-state index contributed by atoms with van der Waals surface area (Å²) in [5.41, 5.74) is 3.05. The average Bonchev–Trinajstić information content (AvgIpc) is 2.81. The van der Waals surface area contributed by atoms with E-state index < -0.39 is 0 Å². The number of anilines is 1. The molecule has 0 aliphatic carbocycles. The maximum absolute atomic E-state index is 14.1. The minimum atomic E-state index is -0.120. The van der Waals surface area contributed by atoms with Crippen molar-refractivity contribution in [2.75, 3.05) is 50.8 Å². The summed E-state index contributed by atoms with van der Waals surface area (Å²) in [6.45, 7) is 7.07. The number of hydrogen-bond donors (Lipinski definition) is 1. The van der Waals surface area contributed by atoms with Crippen molar-refractivity contribution in [3.63, 3.8) is 0 Å². The Balaban J connectivity index is 1.28. The van der Waals surface area contributed by atoms with Gasteiger partial charge in [-0.1, -0.05) is 36.1 Å². The molecule has 2 aromatic carbocycles. The van der Waals surface area contributed by atoms with Crippen molar-refractivity contribution in [2.45, 2.75) is 31.8 Å². The highest BCUT2D eigenvalue weighted by Crippen LogP contribution is 2.23. The van der Waals surface area contributed by atoms with Crippen LogP contribution in [0.2, 0.25) is 0 Å². The van der Waals surface area contributed by atoms with E-state index in [1.807, 2.05) is 12.1 Å². The van der Waals surface area contributed by atoms with Crippen LogP contribution in [0.3, 0.4) is 0 Å². The van der Waals surface area contributed by atoms with Gasteiger partial charge in [-0.05, 0) is 49.2 Å². The zero-order chi connectivity index (χ0) is 21.5. The Labute approximate surface area is 185 Å². The zero-order valence-electron chi connectivity index (χ0n) is 18.1. The quantitative estimate of drug-likeness (QED) is 0.750. The molecule has 0 radical (unpaired) electrons. The number of likely N-dealkylation sites (tertiary alicyclic amines) is 1. The number of rotatable bonds is 5. The Morgan fingerprint density at radius 1 is 0.968 bits per heavy atom. The second-order valence-corrected chi connectivity index (χ2v) is 8.48. The number of piperazine rings is 1. The minimum absolute atomic E-state index is 0.111. The first kappa shape index (κ1) is 21.8. The van der Waals surface area contributed by atoms with Gasteiger partial charge < -0.3 is 10.0 Å². The predicted octanol–water partition coefficient (Wildman–Crippen LogP) is 3.35. The van der Waals surface area contributed by atoms with Gasteiger partial charge in [0.05, 0.1) is 12.3 Å². The summed E-state index contributed by atoms with van der Waals surface area (Å²) in [6.07, 6.45) is 2.99. The predicted molar refractivity (Wildman–Crippen MR) is 124 cm³/mol. The van der Waals surface area contributed by atoms with E-state index in [0.29, 0.717) is 12.5 Å². The van der Waals surface area contributed by atoms with Gasteiger partial charge in [-0.3, -0.25) is 9.80 Å². The Kier molecular flexibility index (Phi) is 7.58. The van der Waals surface area contributed by atoms with Crippen molar-refractivity contribution in [3.05, 3.63) is 65.5 Å². The molecule has 2 aliphatic rings. The lowest BCUT2D eigenvalue weighted by Crippen LogP contribution is -2.55. The molecule has 2 fully saturated rings. The molecule has 4 rings (SSSR count). The second kappa shape index (κ2) is 10.8. The molecular weight excluding hydrogens is 389 g/mol. The number of halogens is 1. The number of para-hydroxylation sites is 1. The second-order valence-electron chi connectivity index (χ2n) is 8.48. The largest absolute Gasteiger partial charge is 0.395 e. The normalized spacial score (nSPS) is 20.3. The maximum atomic E-state index is 14.1. The maximum Gasteiger partial charge on any atom is 0.146 e. The molecule has 2 aliphatic heterocycles. The minimum Gasteiger partial charge on any atom is -0.395 e. The Hall–Kier alpha value is -2.39. The summed E-state index contributed by atoms with van der Waals surface area (Å²) in [6, 6.07) is 16.2. The monoisotopic (exact) mass is 421 g/mol. The van der Waals surface area contributed by atoms with Gasteiger partial charge in [0.2, 0.25) is 0 Å². The molecule has 4 nitrogen and oxygen atoms in total. The van der Waals surface area contributed by atoms with Crippen molar-refractivity contribution in [1.82, 2.24) is 9.80 Å². The average molecular weight is 422 g/mol. The third-order valence-corrected chi connectivity index (χ3v) is 6.33. The molecule has 5 heteroatoms. The first-order valence-corrected chi connectivity index (χ1v) is 11.4.